The number of carbonyl (C=O) groups excluding carboxylic acids is 1. The van der Waals surface area contributed by atoms with Crippen LogP contribution in [0.2, 0.25) is 0 Å². The van der Waals surface area contributed by atoms with E-state index in [-0.39, 0.29) is 18.0 Å². The zero-order chi connectivity index (χ0) is 18.0. The van der Waals surface area contributed by atoms with Crippen LogP contribution in [0, 0.1) is 7.14 Å². The van der Waals surface area contributed by atoms with Gasteiger partial charge in [-0.3, -0.25) is 14.2 Å². The molecule has 128 valence electrons. The molecule has 0 bridgehead atoms. The molecule has 0 aliphatic rings. The van der Waals surface area contributed by atoms with Crippen LogP contribution in [-0.4, -0.2) is 22.6 Å². The molecule has 1 N–H and O–H groups in total. The van der Waals surface area contributed by atoms with Gasteiger partial charge in [-0.15, -0.1) is 0 Å². The number of aromatic nitrogens is 2. The van der Waals surface area contributed by atoms with Gasteiger partial charge in [0.15, 0.2) is 0 Å². The number of para-hydroxylation sites is 2. The van der Waals surface area contributed by atoms with E-state index in [9.17, 15) is 9.59 Å². The van der Waals surface area contributed by atoms with Crippen molar-refractivity contribution in [3.05, 3.63) is 60.2 Å². The number of benzene rings is 2. The van der Waals surface area contributed by atoms with Gasteiger partial charge in [0.1, 0.15) is 12.3 Å². The lowest BCUT2D eigenvalue weighted by atomic mass is 10.2. The third-order valence-electron chi connectivity index (χ3n) is 3.54. The first-order chi connectivity index (χ1) is 12.0. The first kappa shape index (κ1) is 18.1. The van der Waals surface area contributed by atoms with Crippen molar-refractivity contribution in [2.24, 2.45) is 0 Å². The van der Waals surface area contributed by atoms with Gasteiger partial charge < -0.3 is 10.1 Å². The van der Waals surface area contributed by atoms with Gasteiger partial charge in [-0.1, -0.05) is 12.1 Å². The molecule has 0 radical (unpaired) electrons. The molecule has 3 rings (SSSR count). The van der Waals surface area contributed by atoms with Crippen LogP contribution in [-0.2, 0) is 11.3 Å². The van der Waals surface area contributed by atoms with Crippen molar-refractivity contribution in [2.45, 2.75) is 6.54 Å². The number of nitrogens with zero attached hydrogens (tertiary/aromatic N) is 2. The number of halogens is 2. The standard InChI is InChI=1S/C17H13I2N3O3/c1-25-14-5-3-2-4-13(14)21-15(23)8-22-9-20-16-11(17(22)24)6-10(18)7-12(16)19/h2-7,9H,8H2,1H3,(H,21,23). The van der Waals surface area contributed by atoms with E-state index < -0.39 is 0 Å². The highest BCUT2D eigenvalue weighted by atomic mass is 127. The average Bonchev–Trinajstić information content (AvgIpc) is 2.58. The van der Waals surface area contributed by atoms with Crippen LogP contribution in [0.5, 0.6) is 5.75 Å². The second-order valence-electron chi connectivity index (χ2n) is 5.21. The Kier molecular flexibility index (Phi) is 5.57. The van der Waals surface area contributed by atoms with Crippen molar-refractivity contribution in [2.75, 3.05) is 12.4 Å². The van der Waals surface area contributed by atoms with Gasteiger partial charge in [0.2, 0.25) is 5.91 Å². The Balaban J connectivity index is 1.89. The molecular formula is C17H13I2N3O3. The SMILES string of the molecule is COc1ccccc1NC(=O)Cn1cnc2c(I)cc(I)cc2c1=O. The van der Waals surface area contributed by atoms with E-state index >= 15 is 0 Å². The van der Waals surface area contributed by atoms with E-state index in [1.807, 2.05) is 12.1 Å². The highest BCUT2D eigenvalue weighted by molar-refractivity contribution is 14.1. The molecule has 1 heterocycles. The molecule has 1 amide bonds. The van der Waals surface area contributed by atoms with E-state index in [1.165, 1.54) is 18.0 Å². The molecule has 6 nitrogen and oxygen atoms in total. The minimum absolute atomic E-state index is 0.123. The molecular weight excluding hydrogens is 548 g/mol. The van der Waals surface area contributed by atoms with Crippen molar-refractivity contribution >= 4 is 67.7 Å². The van der Waals surface area contributed by atoms with Crippen LogP contribution >= 0.6 is 45.2 Å². The lowest BCUT2D eigenvalue weighted by Gasteiger charge is -2.11. The number of fused-ring (bicyclic) bond motifs is 1. The summed E-state index contributed by atoms with van der Waals surface area (Å²) in [6.07, 6.45) is 1.40. The van der Waals surface area contributed by atoms with E-state index in [1.54, 1.807) is 24.3 Å². The van der Waals surface area contributed by atoms with Crippen molar-refractivity contribution in [1.82, 2.24) is 9.55 Å². The number of hydrogen-bond acceptors (Lipinski definition) is 4. The largest absolute Gasteiger partial charge is 0.495 e. The van der Waals surface area contributed by atoms with Gasteiger partial charge in [0, 0.05) is 7.14 Å². The van der Waals surface area contributed by atoms with E-state index in [0.717, 1.165) is 7.14 Å². The fourth-order valence-electron chi connectivity index (χ4n) is 2.40. The summed E-state index contributed by atoms with van der Waals surface area (Å²) in [4.78, 5) is 29.3. The Labute approximate surface area is 170 Å². The number of ether oxygens (including phenoxy) is 1. The minimum Gasteiger partial charge on any atom is -0.495 e. The molecule has 0 spiro atoms. The number of anilines is 1. The molecule has 2 aromatic carbocycles. The second kappa shape index (κ2) is 7.68. The van der Waals surface area contributed by atoms with Crippen molar-refractivity contribution in [3.8, 4) is 5.75 Å². The number of hydrogen-bond donors (Lipinski definition) is 1. The highest BCUT2D eigenvalue weighted by Crippen LogP contribution is 2.23. The number of nitrogens with one attached hydrogen (secondary N) is 1. The van der Waals surface area contributed by atoms with Crippen LogP contribution in [0.3, 0.4) is 0 Å². The molecule has 0 aliphatic heterocycles. The maximum Gasteiger partial charge on any atom is 0.261 e. The number of rotatable bonds is 4. The van der Waals surface area contributed by atoms with Crippen LogP contribution < -0.4 is 15.6 Å². The second-order valence-corrected chi connectivity index (χ2v) is 7.62. The molecule has 3 aromatic rings. The number of methoxy groups -OCH3 is 1. The zero-order valence-corrected chi connectivity index (χ0v) is 17.4. The summed E-state index contributed by atoms with van der Waals surface area (Å²) >= 11 is 4.31. The lowest BCUT2D eigenvalue weighted by Crippen LogP contribution is -2.28. The predicted molar refractivity (Wildman–Crippen MR) is 113 cm³/mol. The van der Waals surface area contributed by atoms with Crippen molar-refractivity contribution < 1.29 is 9.53 Å². The van der Waals surface area contributed by atoms with Crippen LogP contribution in [0.15, 0.2) is 47.5 Å². The zero-order valence-electron chi connectivity index (χ0n) is 13.1. The predicted octanol–water partition coefficient (Wildman–Crippen LogP) is 3.25. The Morgan fingerprint density at radius 3 is 2.80 bits per heavy atom. The monoisotopic (exact) mass is 561 g/mol. The minimum atomic E-state index is -0.326. The summed E-state index contributed by atoms with van der Waals surface area (Å²) in [7, 11) is 1.53. The maximum atomic E-state index is 12.7. The summed E-state index contributed by atoms with van der Waals surface area (Å²) in [5.41, 5.74) is 0.963. The average molecular weight is 561 g/mol. The van der Waals surface area contributed by atoms with Crippen LogP contribution in [0.25, 0.3) is 10.9 Å². The van der Waals surface area contributed by atoms with Gasteiger partial charge in [-0.25, -0.2) is 4.98 Å². The van der Waals surface area contributed by atoms with E-state index in [0.29, 0.717) is 22.3 Å². The summed E-state index contributed by atoms with van der Waals surface area (Å²) in [5.74, 6) is 0.233. The van der Waals surface area contributed by atoms with Gasteiger partial charge in [0.25, 0.3) is 5.56 Å². The summed E-state index contributed by atoms with van der Waals surface area (Å²) in [6.45, 7) is -0.123. The smallest absolute Gasteiger partial charge is 0.261 e. The van der Waals surface area contributed by atoms with Gasteiger partial charge in [0.05, 0.1) is 30.0 Å². The Hall–Kier alpha value is -1.69. The molecule has 1 aromatic heterocycles. The van der Waals surface area contributed by atoms with E-state index in [2.05, 4.69) is 55.5 Å². The van der Waals surface area contributed by atoms with Gasteiger partial charge in [-0.2, -0.15) is 0 Å². The number of amides is 1. The van der Waals surface area contributed by atoms with Crippen LogP contribution in [0.4, 0.5) is 5.69 Å². The Bertz CT molecular complexity index is 1020. The van der Waals surface area contributed by atoms with Gasteiger partial charge in [-0.05, 0) is 69.4 Å². The summed E-state index contributed by atoms with van der Waals surface area (Å²) < 4.78 is 8.37. The third-order valence-corrected chi connectivity index (χ3v) is 4.99. The number of carbonyl (C=O) groups is 1. The molecule has 0 saturated heterocycles. The molecule has 0 aliphatic carbocycles. The normalized spacial score (nSPS) is 10.7. The quantitative estimate of drug-likeness (QED) is 0.497. The molecule has 8 heteroatoms. The van der Waals surface area contributed by atoms with E-state index in [4.69, 9.17) is 4.74 Å². The first-order valence-corrected chi connectivity index (χ1v) is 9.42. The van der Waals surface area contributed by atoms with Crippen molar-refractivity contribution in [3.63, 3.8) is 0 Å². The molecule has 0 fully saturated rings. The fourth-order valence-corrected chi connectivity index (χ4v) is 4.38. The topological polar surface area (TPSA) is 73.2 Å². The Morgan fingerprint density at radius 1 is 1.28 bits per heavy atom. The molecule has 0 unspecified atom stereocenters. The van der Waals surface area contributed by atoms with Crippen LogP contribution in [0.1, 0.15) is 0 Å². The summed E-state index contributed by atoms with van der Waals surface area (Å²) in [6, 6.07) is 10.8. The van der Waals surface area contributed by atoms with Crippen molar-refractivity contribution in [1.29, 1.82) is 0 Å². The highest BCUT2D eigenvalue weighted by Gasteiger charge is 2.12. The fraction of sp³-hybridized carbons (Fsp3) is 0.118. The molecule has 25 heavy (non-hydrogen) atoms. The Morgan fingerprint density at radius 2 is 2.04 bits per heavy atom. The third kappa shape index (κ3) is 3.94. The summed E-state index contributed by atoms with van der Waals surface area (Å²) in [5, 5.41) is 3.26. The lowest BCUT2D eigenvalue weighted by molar-refractivity contribution is -0.116. The first-order valence-electron chi connectivity index (χ1n) is 7.26. The molecule has 0 atom stereocenters. The molecule has 0 saturated carbocycles. The maximum absolute atomic E-state index is 12.7. The van der Waals surface area contributed by atoms with Gasteiger partial charge >= 0.3 is 0 Å².